The van der Waals surface area contributed by atoms with Crippen LogP contribution in [-0.4, -0.2) is 30.0 Å². The van der Waals surface area contributed by atoms with E-state index in [4.69, 9.17) is 0 Å². The van der Waals surface area contributed by atoms with E-state index in [0.29, 0.717) is 16.4 Å². The standard InChI is InChI=1S/C24H23N3O3S2/c1-17-12-18(2)23-21(13-17)26-24(31-23)27(14-20-10-6-7-11-25-20)22(28)16-32(29,30)15-19-8-4-3-5-9-19/h3-13H,14-16H2,1-2H3. The Kier molecular flexibility index (Phi) is 6.34. The van der Waals surface area contributed by atoms with Gasteiger partial charge in [-0.1, -0.05) is 53.8 Å². The lowest BCUT2D eigenvalue weighted by atomic mass is 10.1. The number of hydrogen-bond donors (Lipinski definition) is 0. The Morgan fingerprint density at radius 1 is 1.03 bits per heavy atom. The Morgan fingerprint density at radius 2 is 1.78 bits per heavy atom. The minimum absolute atomic E-state index is 0.151. The lowest BCUT2D eigenvalue weighted by Crippen LogP contribution is -2.36. The minimum Gasteiger partial charge on any atom is -0.281 e. The normalized spacial score (nSPS) is 11.6. The van der Waals surface area contributed by atoms with E-state index in [1.807, 2.05) is 38.1 Å². The molecule has 0 N–H and O–H groups in total. The molecule has 164 valence electrons. The summed E-state index contributed by atoms with van der Waals surface area (Å²) in [6, 6.07) is 18.4. The maximum absolute atomic E-state index is 13.3. The number of rotatable bonds is 7. The first-order chi connectivity index (χ1) is 15.3. The summed E-state index contributed by atoms with van der Waals surface area (Å²) in [5, 5.41) is 0.472. The van der Waals surface area contributed by atoms with Crippen molar-refractivity contribution in [2.45, 2.75) is 26.1 Å². The number of pyridine rings is 1. The van der Waals surface area contributed by atoms with Crippen LogP contribution in [0.1, 0.15) is 22.4 Å². The van der Waals surface area contributed by atoms with Crippen LogP contribution in [-0.2, 0) is 26.9 Å². The van der Waals surface area contributed by atoms with Gasteiger partial charge < -0.3 is 0 Å². The number of hydrogen-bond acceptors (Lipinski definition) is 6. The van der Waals surface area contributed by atoms with Crippen LogP contribution in [0, 0.1) is 13.8 Å². The molecular weight excluding hydrogens is 442 g/mol. The Labute approximate surface area is 191 Å². The van der Waals surface area contributed by atoms with Crippen LogP contribution < -0.4 is 4.90 Å². The number of carbonyl (C=O) groups is 1. The number of aromatic nitrogens is 2. The van der Waals surface area contributed by atoms with E-state index in [-0.39, 0.29) is 12.3 Å². The summed E-state index contributed by atoms with van der Waals surface area (Å²) in [7, 11) is -3.66. The molecule has 8 heteroatoms. The molecule has 2 aromatic heterocycles. The molecule has 0 aliphatic rings. The van der Waals surface area contributed by atoms with Gasteiger partial charge in [0.15, 0.2) is 15.0 Å². The molecule has 2 aromatic carbocycles. The Balaban J connectivity index is 1.66. The van der Waals surface area contributed by atoms with Gasteiger partial charge in [0.25, 0.3) is 0 Å². The summed E-state index contributed by atoms with van der Waals surface area (Å²) < 4.78 is 26.6. The van der Waals surface area contributed by atoms with Gasteiger partial charge >= 0.3 is 0 Å². The molecule has 0 aliphatic carbocycles. The quantitative estimate of drug-likeness (QED) is 0.403. The number of anilines is 1. The molecule has 0 saturated heterocycles. The second-order valence-electron chi connectivity index (χ2n) is 7.75. The molecule has 6 nitrogen and oxygen atoms in total. The highest BCUT2D eigenvalue weighted by Gasteiger charge is 2.26. The van der Waals surface area contributed by atoms with Crippen molar-refractivity contribution in [3.8, 4) is 0 Å². The van der Waals surface area contributed by atoms with E-state index >= 15 is 0 Å². The highest BCUT2D eigenvalue weighted by atomic mass is 32.2. The van der Waals surface area contributed by atoms with Crippen molar-refractivity contribution in [2.24, 2.45) is 0 Å². The van der Waals surface area contributed by atoms with Crippen LogP contribution in [0.25, 0.3) is 10.2 Å². The van der Waals surface area contributed by atoms with Gasteiger partial charge in [-0.05, 0) is 48.7 Å². The maximum atomic E-state index is 13.3. The van der Waals surface area contributed by atoms with Gasteiger partial charge in [-0.25, -0.2) is 13.4 Å². The molecule has 0 aliphatic heterocycles. The zero-order chi connectivity index (χ0) is 22.7. The maximum Gasteiger partial charge on any atom is 0.244 e. The van der Waals surface area contributed by atoms with Gasteiger partial charge in [-0.2, -0.15) is 0 Å². The topological polar surface area (TPSA) is 80.2 Å². The van der Waals surface area contributed by atoms with Crippen LogP contribution in [0.3, 0.4) is 0 Å². The molecule has 0 saturated carbocycles. The molecule has 0 fully saturated rings. The summed E-state index contributed by atoms with van der Waals surface area (Å²) in [4.78, 5) is 23.7. The number of amides is 1. The number of nitrogens with zero attached hydrogens (tertiary/aromatic N) is 3. The first-order valence-electron chi connectivity index (χ1n) is 10.1. The van der Waals surface area contributed by atoms with Gasteiger partial charge in [0, 0.05) is 6.20 Å². The molecule has 2 heterocycles. The van der Waals surface area contributed by atoms with E-state index in [0.717, 1.165) is 21.3 Å². The summed E-state index contributed by atoms with van der Waals surface area (Å²) in [5.74, 6) is -1.29. The van der Waals surface area contributed by atoms with E-state index in [2.05, 4.69) is 16.0 Å². The molecule has 1 amide bonds. The van der Waals surface area contributed by atoms with Crippen LogP contribution in [0.15, 0.2) is 66.9 Å². The van der Waals surface area contributed by atoms with Crippen LogP contribution in [0.5, 0.6) is 0 Å². The van der Waals surface area contributed by atoms with E-state index in [1.54, 1.807) is 36.5 Å². The zero-order valence-corrected chi connectivity index (χ0v) is 19.5. The van der Waals surface area contributed by atoms with Crippen LogP contribution in [0.2, 0.25) is 0 Å². The molecule has 4 aromatic rings. The fourth-order valence-electron chi connectivity index (χ4n) is 3.54. The number of thiazole rings is 1. The van der Waals surface area contributed by atoms with Crippen molar-refractivity contribution in [3.05, 3.63) is 89.2 Å². The molecular formula is C24H23N3O3S2. The number of benzene rings is 2. The van der Waals surface area contributed by atoms with Crippen molar-refractivity contribution < 1.29 is 13.2 Å². The van der Waals surface area contributed by atoms with Gasteiger partial charge in [-0.15, -0.1) is 0 Å². The molecule has 0 spiro atoms. The predicted molar refractivity (Wildman–Crippen MR) is 128 cm³/mol. The summed E-state index contributed by atoms with van der Waals surface area (Å²) in [6.07, 6.45) is 1.65. The minimum atomic E-state index is -3.66. The van der Waals surface area contributed by atoms with E-state index in [1.165, 1.54) is 16.2 Å². The number of fused-ring (bicyclic) bond motifs is 1. The molecule has 0 radical (unpaired) electrons. The third kappa shape index (κ3) is 5.20. The predicted octanol–water partition coefficient (Wildman–Crippen LogP) is 4.46. The zero-order valence-electron chi connectivity index (χ0n) is 17.9. The fraction of sp³-hybridized carbons (Fsp3) is 0.208. The van der Waals surface area contributed by atoms with E-state index < -0.39 is 21.5 Å². The van der Waals surface area contributed by atoms with Crippen molar-refractivity contribution in [1.82, 2.24) is 9.97 Å². The molecule has 0 unspecified atom stereocenters. The smallest absolute Gasteiger partial charge is 0.244 e. The number of sulfone groups is 1. The van der Waals surface area contributed by atoms with Gasteiger partial charge in [0.2, 0.25) is 5.91 Å². The molecule has 0 atom stereocenters. The Bertz CT molecular complexity index is 1350. The number of carbonyl (C=O) groups excluding carboxylic acids is 1. The van der Waals surface area contributed by atoms with Crippen molar-refractivity contribution in [2.75, 3.05) is 10.7 Å². The van der Waals surface area contributed by atoms with Crippen molar-refractivity contribution in [3.63, 3.8) is 0 Å². The molecule has 0 bridgehead atoms. The summed E-state index contributed by atoms with van der Waals surface area (Å²) >= 11 is 1.39. The van der Waals surface area contributed by atoms with Gasteiger partial charge in [0.1, 0.15) is 5.75 Å². The monoisotopic (exact) mass is 465 g/mol. The average Bonchev–Trinajstić information content (AvgIpc) is 3.16. The largest absolute Gasteiger partial charge is 0.281 e. The van der Waals surface area contributed by atoms with Gasteiger partial charge in [0.05, 0.1) is 28.2 Å². The molecule has 4 rings (SSSR count). The summed E-state index contributed by atoms with van der Waals surface area (Å²) in [6.45, 7) is 4.16. The van der Waals surface area contributed by atoms with E-state index in [9.17, 15) is 13.2 Å². The fourth-order valence-corrected chi connectivity index (χ4v) is 5.91. The highest BCUT2D eigenvalue weighted by molar-refractivity contribution is 7.91. The first-order valence-corrected chi connectivity index (χ1v) is 12.8. The highest BCUT2D eigenvalue weighted by Crippen LogP contribution is 2.33. The van der Waals surface area contributed by atoms with Crippen molar-refractivity contribution in [1.29, 1.82) is 0 Å². The average molecular weight is 466 g/mol. The van der Waals surface area contributed by atoms with Crippen LogP contribution in [0.4, 0.5) is 5.13 Å². The SMILES string of the molecule is Cc1cc(C)c2sc(N(Cc3ccccn3)C(=O)CS(=O)(=O)Cc3ccccc3)nc2c1. The van der Waals surface area contributed by atoms with Crippen molar-refractivity contribution >= 4 is 42.4 Å². The van der Waals surface area contributed by atoms with Crippen LogP contribution >= 0.6 is 11.3 Å². The number of aryl methyl sites for hydroxylation is 2. The Morgan fingerprint density at radius 3 is 2.50 bits per heavy atom. The summed E-state index contributed by atoms with van der Waals surface area (Å²) in [5.41, 5.74) is 4.27. The second kappa shape index (κ2) is 9.18. The Hall–Kier alpha value is -3.10. The molecule has 32 heavy (non-hydrogen) atoms. The van der Waals surface area contributed by atoms with Gasteiger partial charge in [-0.3, -0.25) is 14.7 Å². The third-order valence-corrected chi connectivity index (χ3v) is 7.65. The third-order valence-electron chi connectivity index (χ3n) is 4.96. The first kappa shape index (κ1) is 22.1. The lowest BCUT2D eigenvalue weighted by molar-refractivity contribution is -0.116. The second-order valence-corrected chi connectivity index (χ2v) is 10.8. The lowest BCUT2D eigenvalue weighted by Gasteiger charge is -2.19.